The Bertz CT molecular complexity index is 1360. The van der Waals surface area contributed by atoms with Gasteiger partial charge in [-0.1, -0.05) is 42.8 Å². The Labute approximate surface area is 256 Å². The quantitative estimate of drug-likeness (QED) is 0.133. The number of aromatic carboxylic acids is 1. The largest absolute Gasteiger partial charge is 0.478 e. The van der Waals surface area contributed by atoms with Gasteiger partial charge in [-0.2, -0.15) is 0 Å². The smallest absolute Gasteiger partial charge is 0.335 e. The van der Waals surface area contributed by atoms with E-state index in [4.69, 9.17) is 9.47 Å². The summed E-state index contributed by atoms with van der Waals surface area (Å²) >= 11 is 1.59. The van der Waals surface area contributed by atoms with Crippen molar-refractivity contribution in [2.75, 3.05) is 17.6 Å². The Hall–Kier alpha value is -3.70. The van der Waals surface area contributed by atoms with Crippen molar-refractivity contribution >= 4 is 35.2 Å². The maximum absolute atomic E-state index is 12.6. The summed E-state index contributed by atoms with van der Waals surface area (Å²) in [6.45, 7) is 2.07. The third kappa shape index (κ3) is 10.2. The number of unbranched alkanes of at least 4 members (excludes halogenated alkanes) is 2. The molecule has 1 saturated heterocycles. The van der Waals surface area contributed by atoms with E-state index in [1.165, 1.54) is 6.92 Å². The second kappa shape index (κ2) is 16.2. The van der Waals surface area contributed by atoms with Gasteiger partial charge in [0.2, 0.25) is 11.8 Å². The Morgan fingerprint density at radius 2 is 1.70 bits per heavy atom. The predicted molar refractivity (Wildman–Crippen MR) is 165 cm³/mol. The van der Waals surface area contributed by atoms with Crippen LogP contribution in [0.3, 0.4) is 0 Å². The zero-order valence-electron chi connectivity index (χ0n) is 24.2. The second-order valence-electron chi connectivity index (χ2n) is 10.5. The van der Waals surface area contributed by atoms with E-state index in [0.717, 1.165) is 40.8 Å². The summed E-state index contributed by atoms with van der Waals surface area (Å²) in [6.07, 6.45) is 2.34. The highest BCUT2D eigenvalue weighted by atomic mass is 32.2. The Kier molecular flexibility index (Phi) is 12.2. The number of carboxylic acid groups (broad SMARTS) is 1. The molecular weight excluding hydrogens is 568 g/mol. The molecule has 0 aliphatic carbocycles. The molecule has 3 aromatic rings. The van der Waals surface area contributed by atoms with E-state index >= 15 is 0 Å². The number of thioether (sulfide) groups is 1. The number of ether oxygens (including phenoxy) is 2. The first kappa shape index (κ1) is 32.2. The average molecular weight is 607 g/mol. The van der Waals surface area contributed by atoms with Gasteiger partial charge in [0.15, 0.2) is 6.29 Å². The van der Waals surface area contributed by atoms with Gasteiger partial charge in [-0.05, 0) is 60.4 Å². The van der Waals surface area contributed by atoms with E-state index < -0.39 is 12.3 Å². The predicted octanol–water partition coefficient (Wildman–Crippen LogP) is 5.85. The van der Waals surface area contributed by atoms with Gasteiger partial charge in [0, 0.05) is 48.2 Å². The highest BCUT2D eigenvalue weighted by Gasteiger charge is 2.32. The molecule has 0 aromatic heterocycles. The SMILES string of the molecule is CC(=O)NCCCCCC(=O)Nc1cccc(C2OC(CSc3ccc(C(=O)O)cc3)CC(c3ccc(CO)cc3)O2)c1. The number of carbonyl (C=O) groups is 3. The minimum Gasteiger partial charge on any atom is -0.478 e. The summed E-state index contributed by atoms with van der Waals surface area (Å²) in [6, 6.07) is 21.9. The minimum atomic E-state index is -0.959. The molecule has 1 fully saturated rings. The fraction of sp³-hybridized carbons (Fsp3) is 0.364. The molecule has 0 radical (unpaired) electrons. The zero-order chi connectivity index (χ0) is 30.6. The molecule has 0 spiro atoms. The fourth-order valence-electron chi connectivity index (χ4n) is 4.74. The number of rotatable bonds is 14. The number of aliphatic hydroxyl groups is 1. The minimum absolute atomic E-state index is 0.0347. The van der Waals surface area contributed by atoms with Crippen LogP contribution in [0.1, 0.15) is 78.5 Å². The highest BCUT2D eigenvalue weighted by molar-refractivity contribution is 7.99. The Morgan fingerprint density at radius 3 is 2.40 bits per heavy atom. The summed E-state index contributed by atoms with van der Waals surface area (Å²) in [5, 5.41) is 24.4. The van der Waals surface area contributed by atoms with Crippen LogP contribution in [-0.4, -0.2) is 46.4 Å². The van der Waals surface area contributed by atoms with E-state index in [9.17, 15) is 24.6 Å². The monoisotopic (exact) mass is 606 g/mol. The molecule has 9 nitrogen and oxygen atoms in total. The number of carboxylic acids is 1. The fourth-order valence-corrected chi connectivity index (χ4v) is 5.67. The topological polar surface area (TPSA) is 134 Å². The van der Waals surface area contributed by atoms with Crippen molar-refractivity contribution in [3.63, 3.8) is 0 Å². The lowest BCUT2D eigenvalue weighted by Crippen LogP contribution is -2.31. The highest BCUT2D eigenvalue weighted by Crippen LogP contribution is 2.40. The molecule has 0 saturated carbocycles. The summed E-state index contributed by atoms with van der Waals surface area (Å²) in [7, 11) is 0. The number of hydrogen-bond donors (Lipinski definition) is 4. The van der Waals surface area contributed by atoms with Gasteiger partial charge >= 0.3 is 5.97 Å². The van der Waals surface area contributed by atoms with E-state index in [2.05, 4.69) is 10.6 Å². The van der Waals surface area contributed by atoms with Crippen LogP contribution in [0.5, 0.6) is 0 Å². The van der Waals surface area contributed by atoms with Crippen LogP contribution >= 0.6 is 11.8 Å². The van der Waals surface area contributed by atoms with E-state index in [-0.39, 0.29) is 36.2 Å². The first-order chi connectivity index (χ1) is 20.8. The van der Waals surface area contributed by atoms with Crippen molar-refractivity contribution in [3.05, 3.63) is 95.1 Å². The molecule has 1 heterocycles. The number of hydrogen-bond acceptors (Lipinski definition) is 7. The summed E-state index contributed by atoms with van der Waals surface area (Å²) < 4.78 is 12.8. The summed E-state index contributed by atoms with van der Waals surface area (Å²) in [5.41, 5.74) is 3.49. The van der Waals surface area contributed by atoms with Crippen LogP contribution in [0.15, 0.2) is 77.7 Å². The van der Waals surface area contributed by atoms with Crippen molar-refractivity contribution in [2.24, 2.45) is 0 Å². The van der Waals surface area contributed by atoms with Crippen LogP contribution in [0.4, 0.5) is 5.69 Å². The van der Waals surface area contributed by atoms with Crippen LogP contribution in [0.2, 0.25) is 0 Å². The van der Waals surface area contributed by atoms with E-state index in [1.54, 1.807) is 36.0 Å². The number of carbonyl (C=O) groups excluding carboxylic acids is 2. The number of anilines is 1. The van der Waals surface area contributed by atoms with Gasteiger partial charge in [0.25, 0.3) is 0 Å². The van der Waals surface area contributed by atoms with E-state index in [0.29, 0.717) is 30.8 Å². The molecule has 10 heteroatoms. The molecular formula is C33H38N2O7S. The molecule has 1 aliphatic rings. The Morgan fingerprint density at radius 1 is 0.930 bits per heavy atom. The number of amides is 2. The molecule has 228 valence electrons. The lowest BCUT2D eigenvalue weighted by molar-refractivity contribution is -0.245. The van der Waals surface area contributed by atoms with Crippen molar-refractivity contribution < 1.29 is 34.1 Å². The number of aliphatic hydroxyl groups excluding tert-OH is 1. The van der Waals surface area contributed by atoms with Crippen LogP contribution in [0, 0.1) is 0 Å². The third-order valence-corrected chi connectivity index (χ3v) is 8.19. The van der Waals surface area contributed by atoms with Gasteiger partial charge in [0.1, 0.15) is 0 Å². The maximum atomic E-state index is 12.6. The normalized spacial score (nSPS) is 18.1. The van der Waals surface area contributed by atoms with Gasteiger partial charge in [-0.15, -0.1) is 11.8 Å². The summed E-state index contributed by atoms with van der Waals surface area (Å²) in [5.74, 6) is -0.450. The molecule has 43 heavy (non-hydrogen) atoms. The van der Waals surface area contributed by atoms with Crippen LogP contribution in [0.25, 0.3) is 0 Å². The van der Waals surface area contributed by atoms with Crippen LogP contribution in [-0.2, 0) is 25.7 Å². The van der Waals surface area contributed by atoms with Crippen molar-refractivity contribution in [3.8, 4) is 0 Å². The third-order valence-electron chi connectivity index (χ3n) is 7.05. The van der Waals surface area contributed by atoms with Gasteiger partial charge in [-0.25, -0.2) is 4.79 Å². The number of benzene rings is 3. The second-order valence-corrected chi connectivity index (χ2v) is 11.6. The van der Waals surface area contributed by atoms with Crippen LogP contribution < -0.4 is 10.6 Å². The zero-order valence-corrected chi connectivity index (χ0v) is 25.0. The van der Waals surface area contributed by atoms with Gasteiger partial charge < -0.3 is 30.3 Å². The first-order valence-corrected chi connectivity index (χ1v) is 15.4. The molecule has 4 rings (SSSR count). The van der Waals surface area contributed by atoms with Crippen molar-refractivity contribution in [1.29, 1.82) is 0 Å². The average Bonchev–Trinajstić information content (AvgIpc) is 3.01. The first-order valence-electron chi connectivity index (χ1n) is 14.4. The Balaban J connectivity index is 1.41. The molecule has 3 atom stereocenters. The van der Waals surface area contributed by atoms with Gasteiger partial charge in [-0.3, -0.25) is 9.59 Å². The number of nitrogens with one attached hydrogen (secondary N) is 2. The summed E-state index contributed by atoms with van der Waals surface area (Å²) in [4.78, 5) is 35.7. The molecule has 2 amide bonds. The molecule has 3 aromatic carbocycles. The molecule has 1 aliphatic heterocycles. The molecule has 0 bridgehead atoms. The van der Waals surface area contributed by atoms with Crippen molar-refractivity contribution in [2.45, 2.75) is 69.0 Å². The van der Waals surface area contributed by atoms with Gasteiger partial charge in [0.05, 0.1) is 24.4 Å². The lowest BCUT2D eigenvalue weighted by atomic mass is 10.0. The van der Waals surface area contributed by atoms with E-state index in [1.807, 2.05) is 48.5 Å². The standard InChI is InChI=1S/C33H38N2O7S/c1-22(37)34-17-4-2-3-8-31(38)35-27-7-5-6-26(18-27)33-41-28(21-43-29-15-13-25(14-16-29)32(39)40)19-30(42-33)24-11-9-23(20-36)10-12-24/h5-7,9-16,18,28,30,33,36H,2-4,8,17,19-21H2,1H3,(H,34,37)(H,35,38)(H,39,40). The van der Waals surface area contributed by atoms with Crippen molar-refractivity contribution in [1.82, 2.24) is 5.32 Å². The maximum Gasteiger partial charge on any atom is 0.335 e. The molecule has 4 N–H and O–H groups in total. The molecule has 3 unspecified atom stereocenters. The lowest BCUT2D eigenvalue weighted by Gasteiger charge is -2.36.